The molecule has 0 N–H and O–H groups in total. The first-order valence-corrected chi connectivity index (χ1v) is 6.39. The van der Waals surface area contributed by atoms with E-state index in [1.165, 1.54) is 24.0 Å². The van der Waals surface area contributed by atoms with Crippen molar-refractivity contribution in [3.63, 3.8) is 0 Å². The van der Waals surface area contributed by atoms with Crippen molar-refractivity contribution in [2.24, 2.45) is 0 Å². The minimum atomic E-state index is -0.276. The normalized spacial score (nSPS) is 10.7. The second-order valence-electron chi connectivity index (χ2n) is 4.70. The average Bonchev–Trinajstić information content (AvgIpc) is 2.47. The van der Waals surface area contributed by atoms with E-state index in [2.05, 4.69) is 22.1 Å². The average molecular weight is 267 g/mol. The quantitative estimate of drug-likeness (QED) is 0.728. The van der Waals surface area contributed by atoms with Gasteiger partial charge < -0.3 is 4.90 Å². The topological polar surface area (TPSA) is 29.0 Å². The minimum absolute atomic E-state index is 0.276. The maximum atomic E-state index is 13.4. The van der Waals surface area contributed by atoms with Crippen LogP contribution in [0, 0.1) is 5.82 Å². The van der Waals surface area contributed by atoms with Crippen molar-refractivity contribution < 1.29 is 4.39 Å². The van der Waals surface area contributed by atoms with Crippen LogP contribution in [0.5, 0.6) is 0 Å². The number of benzene rings is 2. The molecule has 0 amide bonds. The van der Waals surface area contributed by atoms with Crippen molar-refractivity contribution in [2.75, 3.05) is 11.9 Å². The van der Waals surface area contributed by atoms with Crippen LogP contribution in [-0.4, -0.2) is 17.0 Å². The fraction of sp³-hybridized carbons (Fsp3) is 0.125. The van der Waals surface area contributed by atoms with Gasteiger partial charge in [-0.3, -0.25) is 0 Å². The molecule has 3 aromatic rings. The highest BCUT2D eigenvalue weighted by molar-refractivity contribution is 5.89. The van der Waals surface area contributed by atoms with E-state index < -0.39 is 0 Å². The number of halogens is 1. The maximum Gasteiger partial charge on any atom is 0.140 e. The Labute approximate surface area is 116 Å². The summed E-state index contributed by atoms with van der Waals surface area (Å²) in [6.45, 7) is 0.712. The SMILES string of the molecule is CN(Cc1ccccc1)c1ncnc2ccc(F)cc12. The second kappa shape index (κ2) is 5.25. The van der Waals surface area contributed by atoms with Gasteiger partial charge in [0, 0.05) is 19.0 Å². The van der Waals surface area contributed by atoms with Crippen LogP contribution in [-0.2, 0) is 6.54 Å². The molecular formula is C16H14FN3. The maximum absolute atomic E-state index is 13.4. The molecule has 0 atom stereocenters. The number of hydrogen-bond acceptors (Lipinski definition) is 3. The van der Waals surface area contributed by atoms with Gasteiger partial charge in [0.25, 0.3) is 0 Å². The Hall–Kier alpha value is -2.49. The van der Waals surface area contributed by atoms with Crippen LogP contribution in [0.25, 0.3) is 10.9 Å². The highest BCUT2D eigenvalue weighted by atomic mass is 19.1. The number of anilines is 1. The predicted molar refractivity (Wildman–Crippen MR) is 78.0 cm³/mol. The molecule has 0 aliphatic carbocycles. The molecule has 0 bridgehead atoms. The van der Waals surface area contributed by atoms with Crippen LogP contribution in [0.4, 0.5) is 10.2 Å². The van der Waals surface area contributed by atoms with Gasteiger partial charge in [-0.15, -0.1) is 0 Å². The van der Waals surface area contributed by atoms with E-state index in [0.29, 0.717) is 6.54 Å². The molecule has 4 heteroatoms. The standard InChI is InChI=1S/C16H14FN3/c1-20(10-12-5-3-2-4-6-12)16-14-9-13(17)7-8-15(14)18-11-19-16/h2-9,11H,10H2,1H3. The molecule has 0 saturated heterocycles. The lowest BCUT2D eigenvalue weighted by atomic mass is 10.2. The third-order valence-corrected chi connectivity index (χ3v) is 3.20. The van der Waals surface area contributed by atoms with Crippen molar-refractivity contribution in [3.05, 3.63) is 66.2 Å². The zero-order chi connectivity index (χ0) is 13.9. The lowest BCUT2D eigenvalue weighted by Crippen LogP contribution is -2.18. The van der Waals surface area contributed by atoms with Gasteiger partial charge in [-0.2, -0.15) is 0 Å². The molecule has 20 heavy (non-hydrogen) atoms. The number of nitrogens with zero attached hydrogens (tertiary/aromatic N) is 3. The highest BCUT2D eigenvalue weighted by Crippen LogP contribution is 2.23. The summed E-state index contributed by atoms with van der Waals surface area (Å²) < 4.78 is 13.4. The van der Waals surface area contributed by atoms with Crippen molar-refractivity contribution in [2.45, 2.75) is 6.54 Å². The van der Waals surface area contributed by atoms with E-state index in [0.717, 1.165) is 16.7 Å². The van der Waals surface area contributed by atoms with Gasteiger partial charge in [0.1, 0.15) is 18.0 Å². The summed E-state index contributed by atoms with van der Waals surface area (Å²) in [7, 11) is 1.94. The smallest absolute Gasteiger partial charge is 0.140 e. The van der Waals surface area contributed by atoms with Gasteiger partial charge in [0.05, 0.1) is 5.52 Å². The van der Waals surface area contributed by atoms with Crippen LogP contribution >= 0.6 is 0 Å². The number of hydrogen-bond donors (Lipinski definition) is 0. The second-order valence-corrected chi connectivity index (χ2v) is 4.70. The molecule has 2 aromatic carbocycles. The van der Waals surface area contributed by atoms with Crippen LogP contribution in [0.1, 0.15) is 5.56 Å². The van der Waals surface area contributed by atoms with E-state index >= 15 is 0 Å². The Morgan fingerprint density at radius 1 is 1.05 bits per heavy atom. The van der Waals surface area contributed by atoms with E-state index in [-0.39, 0.29) is 5.82 Å². The molecule has 3 rings (SSSR count). The summed E-state index contributed by atoms with van der Waals surface area (Å²) in [5, 5.41) is 0.728. The number of aromatic nitrogens is 2. The Kier molecular flexibility index (Phi) is 3.29. The molecule has 0 spiro atoms. The number of fused-ring (bicyclic) bond motifs is 1. The van der Waals surface area contributed by atoms with Crippen LogP contribution in [0.2, 0.25) is 0 Å². The molecule has 1 heterocycles. The Bertz CT molecular complexity index is 728. The summed E-state index contributed by atoms with van der Waals surface area (Å²) in [6, 6.07) is 14.7. The van der Waals surface area contributed by atoms with E-state index in [1.54, 1.807) is 6.07 Å². The van der Waals surface area contributed by atoms with Gasteiger partial charge >= 0.3 is 0 Å². The summed E-state index contributed by atoms with van der Waals surface area (Å²) in [5.41, 5.74) is 1.93. The summed E-state index contributed by atoms with van der Waals surface area (Å²) in [4.78, 5) is 10.5. The summed E-state index contributed by atoms with van der Waals surface area (Å²) in [6.07, 6.45) is 1.51. The van der Waals surface area contributed by atoms with Gasteiger partial charge in [-0.1, -0.05) is 30.3 Å². The minimum Gasteiger partial charge on any atom is -0.355 e. The van der Waals surface area contributed by atoms with Crippen LogP contribution in [0.15, 0.2) is 54.9 Å². The third-order valence-electron chi connectivity index (χ3n) is 3.20. The Balaban J connectivity index is 1.99. The molecule has 0 aliphatic rings. The van der Waals surface area contributed by atoms with Gasteiger partial charge in [0.15, 0.2) is 0 Å². The first kappa shape index (κ1) is 12.5. The molecule has 0 unspecified atom stereocenters. The van der Waals surface area contributed by atoms with Crippen LogP contribution in [0.3, 0.4) is 0 Å². The molecular weight excluding hydrogens is 253 g/mol. The predicted octanol–water partition coefficient (Wildman–Crippen LogP) is 3.41. The fourth-order valence-corrected chi connectivity index (χ4v) is 2.25. The van der Waals surface area contributed by atoms with E-state index in [9.17, 15) is 4.39 Å². The van der Waals surface area contributed by atoms with Crippen LogP contribution < -0.4 is 4.90 Å². The van der Waals surface area contributed by atoms with E-state index in [1.807, 2.05) is 30.1 Å². The van der Waals surface area contributed by atoms with Crippen molar-refractivity contribution in [3.8, 4) is 0 Å². The van der Waals surface area contributed by atoms with E-state index in [4.69, 9.17) is 0 Å². The van der Waals surface area contributed by atoms with Gasteiger partial charge in [0.2, 0.25) is 0 Å². The molecule has 0 fully saturated rings. The first-order valence-electron chi connectivity index (χ1n) is 6.39. The van der Waals surface area contributed by atoms with Crippen molar-refractivity contribution in [1.29, 1.82) is 0 Å². The molecule has 0 saturated carbocycles. The lowest BCUT2D eigenvalue weighted by molar-refractivity contribution is 0.629. The number of rotatable bonds is 3. The molecule has 1 aromatic heterocycles. The Morgan fingerprint density at radius 2 is 1.85 bits per heavy atom. The zero-order valence-electron chi connectivity index (χ0n) is 11.1. The van der Waals surface area contributed by atoms with Crippen molar-refractivity contribution >= 4 is 16.7 Å². The molecule has 0 aliphatic heterocycles. The first-order chi connectivity index (χ1) is 9.74. The monoisotopic (exact) mass is 267 g/mol. The highest BCUT2D eigenvalue weighted by Gasteiger charge is 2.09. The molecule has 100 valence electrons. The summed E-state index contributed by atoms with van der Waals surface area (Å²) in [5.74, 6) is 0.458. The largest absolute Gasteiger partial charge is 0.355 e. The Morgan fingerprint density at radius 3 is 2.65 bits per heavy atom. The third kappa shape index (κ3) is 2.45. The lowest BCUT2D eigenvalue weighted by Gasteiger charge is -2.19. The molecule has 0 radical (unpaired) electrons. The summed E-state index contributed by atoms with van der Waals surface area (Å²) >= 11 is 0. The zero-order valence-corrected chi connectivity index (χ0v) is 11.1. The fourth-order valence-electron chi connectivity index (χ4n) is 2.25. The van der Waals surface area contributed by atoms with Gasteiger partial charge in [-0.05, 0) is 23.8 Å². The molecule has 3 nitrogen and oxygen atoms in total. The van der Waals surface area contributed by atoms with Gasteiger partial charge in [-0.25, -0.2) is 14.4 Å². The van der Waals surface area contributed by atoms with Crippen molar-refractivity contribution in [1.82, 2.24) is 9.97 Å².